The molecule has 8 heteroatoms. The fourth-order valence-electron chi connectivity index (χ4n) is 1.70. The summed E-state index contributed by atoms with van der Waals surface area (Å²) in [6.45, 7) is 1.29. The molecule has 114 valence electrons. The summed E-state index contributed by atoms with van der Waals surface area (Å²) < 4.78 is 0. The van der Waals surface area contributed by atoms with E-state index >= 15 is 0 Å². The number of aliphatic hydroxyl groups is 1. The Kier molecular flexibility index (Phi) is 4.59. The highest BCUT2D eigenvalue weighted by Gasteiger charge is 2.30. The van der Waals surface area contributed by atoms with Gasteiger partial charge in [0.05, 0.1) is 16.0 Å². The normalized spacial score (nSPS) is 16.9. The zero-order valence-electron chi connectivity index (χ0n) is 11.3. The van der Waals surface area contributed by atoms with E-state index in [2.05, 4.69) is 10.6 Å². The smallest absolute Gasteiger partial charge is 0.328 e. The van der Waals surface area contributed by atoms with Gasteiger partial charge < -0.3 is 20.8 Å². The summed E-state index contributed by atoms with van der Waals surface area (Å²) in [4.78, 5) is 34.7. The fraction of sp³-hybridized carbons (Fsp3) is 0.462. The predicted octanol–water partition coefficient (Wildman–Crippen LogP) is 0.660. The number of carboxylic acid groups (broad SMARTS) is 1. The van der Waals surface area contributed by atoms with Gasteiger partial charge in [-0.3, -0.25) is 9.59 Å². The van der Waals surface area contributed by atoms with Crippen LogP contribution in [0.1, 0.15) is 29.4 Å². The van der Waals surface area contributed by atoms with Gasteiger partial charge in [-0.15, -0.1) is 11.3 Å². The molecule has 0 unspecified atom stereocenters. The minimum Gasteiger partial charge on any atom is -0.480 e. The molecule has 0 saturated heterocycles. The van der Waals surface area contributed by atoms with Gasteiger partial charge in [0.1, 0.15) is 0 Å². The SMILES string of the molecule is C[C@@H](O)[C@H](NC(=O)c1ccc(NC(=O)C2CC2)s1)C(=O)O. The minimum absolute atomic E-state index is 0.0591. The van der Waals surface area contributed by atoms with Crippen LogP contribution in [0.15, 0.2) is 12.1 Å². The van der Waals surface area contributed by atoms with E-state index in [-0.39, 0.29) is 16.7 Å². The summed E-state index contributed by atoms with van der Waals surface area (Å²) in [5.41, 5.74) is 0. The van der Waals surface area contributed by atoms with Gasteiger partial charge in [0.2, 0.25) is 5.91 Å². The quantitative estimate of drug-likeness (QED) is 0.616. The molecule has 2 atom stereocenters. The van der Waals surface area contributed by atoms with Crippen molar-refractivity contribution in [2.45, 2.75) is 31.9 Å². The lowest BCUT2D eigenvalue weighted by molar-refractivity contribution is -0.141. The standard InChI is InChI=1S/C13H16N2O5S/c1-6(16)10(13(19)20)15-12(18)8-4-5-9(21-8)14-11(17)7-2-3-7/h4-7,10,16H,2-3H2,1H3,(H,14,17)(H,15,18)(H,19,20)/t6-,10+/m1/s1. The van der Waals surface area contributed by atoms with Crippen LogP contribution in [-0.2, 0) is 9.59 Å². The Morgan fingerprint density at radius 1 is 1.33 bits per heavy atom. The van der Waals surface area contributed by atoms with Crippen LogP contribution in [-0.4, -0.2) is 40.1 Å². The number of nitrogens with one attached hydrogen (secondary N) is 2. The van der Waals surface area contributed by atoms with Crippen LogP contribution in [0.2, 0.25) is 0 Å². The molecule has 1 aliphatic rings. The molecule has 1 aliphatic carbocycles. The Bertz CT molecular complexity index is 565. The monoisotopic (exact) mass is 312 g/mol. The molecular weight excluding hydrogens is 296 g/mol. The summed E-state index contributed by atoms with van der Waals surface area (Å²) in [5, 5.41) is 23.7. The highest BCUT2D eigenvalue weighted by Crippen LogP contribution is 2.31. The molecule has 4 N–H and O–H groups in total. The lowest BCUT2D eigenvalue weighted by atomic mass is 10.2. The van der Waals surface area contributed by atoms with Crippen molar-refractivity contribution in [3.63, 3.8) is 0 Å². The van der Waals surface area contributed by atoms with Crippen molar-refractivity contribution in [3.05, 3.63) is 17.0 Å². The average molecular weight is 312 g/mol. The van der Waals surface area contributed by atoms with E-state index in [0.29, 0.717) is 5.00 Å². The first-order chi connectivity index (χ1) is 9.88. The zero-order valence-corrected chi connectivity index (χ0v) is 12.1. The third kappa shape index (κ3) is 4.02. The Morgan fingerprint density at radius 2 is 2.00 bits per heavy atom. The van der Waals surface area contributed by atoms with E-state index in [1.807, 2.05) is 0 Å². The van der Waals surface area contributed by atoms with Crippen LogP contribution in [0.25, 0.3) is 0 Å². The van der Waals surface area contributed by atoms with Crippen molar-refractivity contribution < 1.29 is 24.6 Å². The van der Waals surface area contributed by atoms with E-state index in [1.165, 1.54) is 13.0 Å². The molecule has 21 heavy (non-hydrogen) atoms. The maximum Gasteiger partial charge on any atom is 0.328 e. The lowest BCUT2D eigenvalue weighted by Gasteiger charge is -2.16. The topological polar surface area (TPSA) is 116 Å². The van der Waals surface area contributed by atoms with Crippen molar-refractivity contribution in [3.8, 4) is 0 Å². The third-order valence-corrected chi connectivity index (χ3v) is 4.06. The Labute approximate surface area is 125 Å². The molecule has 1 aromatic heterocycles. The number of aliphatic carboxylic acids is 1. The van der Waals surface area contributed by atoms with Crippen LogP contribution in [0.4, 0.5) is 5.00 Å². The number of anilines is 1. The second kappa shape index (κ2) is 6.23. The predicted molar refractivity (Wildman–Crippen MR) is 76.2 cm³/mol. The second-order valence-electron chi connectivity index (χ2n) is 4.96. The van der Waals surface area contributed by atoms with Crippen LogP contribution in [0.3, 0.4) is 0 Å². The van der Waals surface area contributed by atoms with Gasteiger partial charge in [-0.2, -0.15) is 0 Å². The van der Waals surface area contributed by atoms with Crippen LogP contribution in [0, 0.1) is 5.92 Å². The molecule has 0 spiro atoms. The van der Waals surface area contributed by atoms with Gasteiger partial charge in [-0.1, -0.05) is 0 Å². The number of rotatable bonds is 6. The zero-order chi connectivity index (χ0) is 15.6. The summed E-state index contributed by atoms with van der Waals surface area (Å²) in [7, 11) is 0. The number of carbonyl (C=O) groups excluding carboxylic acids is 2. The van der Waals surface area contributed by atoms with Crippen LogP contribution in [0.5, 0.6) is 0 Å². The fourth-order valence-corrected chi connectivity index (χ4v) is 2.51. The van der Waals surface area contributed by atoms with Gasteiger partial charge in [-0.05, 0) is 31.9 Å². The number of hydrogen-bond donors (Lipinski definition) is 4. The van der Waals surface area contributed by atoms with Crippen molar-refractivity contribution >= 4 is 34.1 Å². The molecule has 0 bridgehead atoms. The van der Waals surface area contributed by atoms with Gasteiger partial charge >= 0.3 is 5.97 Å². The van der Waals surface area contributed by atoms with Crippen molar-refractivity contribution in [1.29, 1.82) is 0 Å². The molecule has 2 rings (SSSR count). The van der Waals surface area contributed by atoms with Gasteiger partial charge in [0.15, 0.2) is 6.04 Å². The van der Waals surface area contributed by atoms with Crippen LogP contribution >= 0.6 is 11.3 Å². The molecule has 1 saturated carbocycles. The minimum atomic E-state index is -1.37. The van der Waals surface area contributed by atoms with Crippen molar-refractivity contribution in [2.75, 3.05) is 5.32 Å². The van der Waals surface area contributed by atoms with Crippen molar-refractivity contribution in [2.24, 2.45) is 5.92 Å². The first kappa shape index (κ1) is 15.5. The Balaban J connectivity index is 1.97. The highest BCUT2D eigenvalue weighted by atomic mass is 32.1. The first-order valence-electron chi connectivity index (χ1n) is 6.51. The van der Waals surface area contributed by atoms with E-state index in [4.69, 9.17) is 5.11 Å². The first-order valence-corrected chi connectivity index (χ1v) is 7.32. The number of thiophene rings is 1. The molecular formula is C13H16N2O5S. The molecule has 1 fully saturated rings. The van der Waals surface area contributed by atoms with Gasteiger partial charge in [0.25, 0.3) is 5.91 Å². The molecule has 0 radical (unpaired) electrons. The molecule has 2 amide bonds. The number of aliphatic hydroxyl groups excluding tert-OH is 1. The molecule has 0 aromatic carbocycles. The van der Waals surface area contributed by atoms with E-state index in [1.54, 1.807) is 6.07 Å². The summed E-state index contributed by atoms with van der Waals surface area (Å²) in [5.74, 6) is -1.90. The van der Waals surface area contributed by atoms with E-state index < -0.39 is 24.0 Å². The van der Waals surface area contributed by atoms with Gasteiger partial charge in [-0.25, -0.2) is 4.79 Å². The number of carbonyl (C=O) groups is 3. The average Bonchev–Trinajstić information content (AvgIpc) is 3.16. The van der Waals surface area contributed by atoms with Crippen molar-refractivity contribution in [1.82, 2.24) is 5.32 Å². The third-order valence-electron chi connectivity index (χ3n) is 3.06. The Hall–Kier alpha value is -1.93. The molecule has 1 heterocycles. The summed E-state index contributed by atoms with van der Waals surface area (Å²) in [6, 6.07) is 1.73. The van der Waals surface area contributed by atoms with E-state index in [0.717, 1.165) is 24.2 Å². The highest BCUT2D eigenvalue weighted by molar-refractivity contribution is 7.18. The second-order valence-corrected chi connectivity index (χ2v) is 6.04. The van der Waals surface area contributed by atoms with Crippen LogP contribution < -0.4 is 10.6 Å². The summed E-state index contributed by atoms with van der Waals surface area (Å²) in [6.07, 6.45) is 0.568. The largest absolute Gasteiger partial charge is 0.480 e. The summed E-state index contributed by atoms with van der Waals surface area (Å²) >= 11 is 1.06. The maximum absolute atomic E-state index is 11.9. The Morgan fingerprint density at radius 3 is 2.52 bits per heavy atom. The number of carboxylic acids is 1. The molecule has 0 aliphatic heterocycles. The lowest BCUT2D eigenvalue weighted by Crippen LogP contribution is -2.47. The molecule has 1 aromatic rings. The van der Waals surface area contributed by atoms with Gasteiger partial charge in [0, 0.05) is 5.92 Å². The molecule has 7 nitrogen and oxygen atoms in total. The number of hydrogen-bond acceptors (Lipinski definition) is 5. The van der Waals surface area contributed by atoms with E-state index in [9.17, 15) is 19.5 Å². The number of amides is 2. The maximum atomic E-state index is 11.9.